The van der Waals surface area contributed by atoms with E-state index in [2.05, 4.69) is 15.9 Å². The molecule has 1 unspecified atom stereocenters. The fourth-order valence-electron chi connectivity index (χ4n) is 1.99. The molecule has 0 saturated heterocycles. The Morgan fingerprint density at radius 2 is 1.75 bits per heavy atom. The van der Waals surface area contributed by atoms with Crippen molar-refractivity contribution in [3.63, 3.8) is 0 Å². The quantitative estimate of drug-likeness (QED) is 0.929. The van der Waals surface area contributed by atoms with E-state index < -0.39 is 11.9 Å². The summed E-state index contributed by atoms with van der Waals surface area (Å²) in [5.74, 6) is -1.44. The number of rotatable bonds is 4. The standard InChI is InChI=1S/C16H12BrNO2/c17-14-7-5-13(6-8-14)15(16(19)20)9-11-1-3-12(10-18)4-2-11/h1-8,15H,9H2,(H,19,20). The summed E-state index contributed by atoms with van der Waals surface area (Å²) >= 11 is 3.34. The van der Waals surface area contributed by atoms with Crippen molar-refractivity contribution in [2.75, 3.05) is 0 Å². The van der Waals surface area contributed by atoms with E-state index >= 15 is 0 Å². The molecule has 100 valence electrons. The summed E-state index contributed by atoms with van der Waals surface area (Å²) in [6, 6.07) is 16.4. The van der Waals surface area contributed by atoms with Crippen LogP contribution in [0.5, 0.6) is 0 Å². The second-order valence-electron chi connectivity index (χ2n) is 4.46. The minimum Gasteiger partial charge on any atom is -0.481 e. The van der Waals surface area contributed by atoms with Gasteiger partial charge in [-0.1, -0.05) is 40.2 Å². The molecular weight excluding hydrogens is 318 g/mol. The number of nitrogens with zero attached hydrogens (tertiary/aromatic N) is 1. The SMILES string of the molecule is N#Cc1ccc(CC(C(=O)O)c2ccc(Br)cc2)cc1. The van der Waals surface area contributed by atoms with Gasteiger partial charge in [-0.15, -0.1) is 0 Å². The molecule has 0 fully saturated rings. The van der Waals surface area contributed by atoms with E-state index in [0.717, 1.165) is 15.6 Å². The molecule has 2 aromatic carbocycles. The van der Waals surface area contributed by atoms with Crippen molar-refractivity contribution in [2.24, 2.45) is 0 Å². The minimum absolute atomic E-state index is 0.405. The van der Waals surface area contributed by atoms with E-state index in [1.807, 2.05) is 30.3 Å². The number of carbonyl (C=O) groups is 1. The van der Waals surface area contributed by atoms with E-state index in [4.69, 9.17) is 5.26 Å². The highest BCUT2D eigenvalue weighted by Crippen LogP contribution is 2.23. The van der Waals surface area contributed by atoms with Gasteiger partial charge in [0.1, 0.15) is 0 Å². The lowest BCUT2D eigenvalue weighted by Gasteiger charge is -2.13. The Bertz CT molecular complexity index is 642. The van der Waals surface area contributed by atoms with E-state index in [9.17, 15) is 9.90 Å². The number of carboxylic acids is 1. The van der Waals surface area contributed by atoms with E-state index in [1.54, 1.807) is 24.3 Å². The summed E-state index contributed by atoms with van der Waals surface area (Å²) in [6.45, 7) is 0. The van der Waals surface area contributed by atoms with Gasteiger partial charge in [-0.2, -0.15) is 5.26 Å². The third-order valence-corrected chi connectivity index (χ3v) is 3.62. The van der Waals surface area contributed by atoms with Crippen molar-refractivity contribution >= 4 is 21.9 Å². The average molecular weight is 330 g/mol. The van der Waals surface area contributed by atoms with E-state index in [0.29, 0.717) is 12.0 Å². The Morgan fingerprint density at radius 3 is 2.25 bits per heavy atom. The average Bonchev–Trinajstić information content (AvgIpc) is 2.46. The summed E-state index contributed by atoms with van der Waals surface area (Å²) in [4.78, 5) is 11.4. The molecule has 0 radical (unpaired) electrons. The maximum absolute atomic E-state index is 11.4. The minimum atomic E-state index is -0.850. The van der Waals surface area contributed by atoms with Crippen LogP contribution in [0.2, 0.25) is 0 Å². The predicted octanol–water partition coefficient (Wildman–Crippen LogP) is 3.73. The number of nitriles is 1. The highest BCUT2D eigenvalue weighted by Gasteiger charge is 2.20. The third-order valence-electron chi connectivity index (χ3n) is 3.09. The molecular formula is C16H12BrNO2. The Morgan fingerprint density at radius 1 is 1.15 bits per heavy atom. The fourth-order valence-corrected chi connectivity index (χ4v) is 2.26. The lowest BCUT2D eigenvalue weighted by Crippen LogP contribution is -2.14. The molecule has 0 aliphatic rings. The first-order valence-corrected chi connectivity index (χ1v) is 6.87. The molecule has 3 nitrogen and oxygen atoms in total. The van der Waals surface area contributed by atoms with Crippen LogP contribution in [-0.4, -0.2) is 11.1 Å². The monoisotopic (exact) mass is 329 g/mol. The topological polar surface area (TPSA) is 61.1 Å². The Balaban J connectivity index is 2.23. The molecule has 0 amide bonds. The zero-order valence-corrected chi connectivity index (χ0v) is 12.2. The first kappa shape index (κ1) is 14.3. The molecule has 0 heterocycles. The molecule has 20 heavy (non-hydrogen) atoms. The van der Waals surface area contributed by atoms with Gasteiger partial charge in [-0.3, -0.25) is 4.79 Å². The lowest BCUT2D eigenvalue weighted by molar-refractivity contribution is -0.138. The maximum Gasteiger partial charge on any atom is 0.311 e. The van der Waals surface area contributed by atoms with Gasteiger partial charge in [0.2, 0.25) is 0 Å². The normalized spacial score (nSPS) is 11.6. The van der Waals surface area contributed by atoms with Crippen LogP contribution in [0.3, 0.4) is 0 Å². The second-order valence-corrected chi connectivity index (χ2v) is 5.37. The molecule has 0 aromatic heterocycles. The van der Waals surface area contributed by atoms with Gasteiger partial charge >= 0.3 is 5.97 Å². The third kappa shape index (κ3) is 3.46. The summed E-state index contributed by atoms with van der Waals surface area (Å²) in [6.07, 6.45) is 0.405. The number of hydrogen-bond acceptors (Lipinski definition) is 2. The molecule has 0 aliphatic carbocycles. The van der Waals surface area contributed by atoms with Crippen molar-refractivity contribution in [2.45, 2.75) is 12.3 Å². The Kier molecular flexibility index (Phi) is 4.54. The van der Waals surface area contributed by atoms with Crippen molar-refractivity contribution in [1.29, 1.82) is 5.26 Å². The van der Waals surface area contributed by atoms with Crippen molar-refractivity contribution in [3.8, 4) is 6.07 Å². The van der Waals surface area contributed by atoms with Crippen LogP contribution in [0.25, 0.3) is 0 Å². The van der Waals surface area contributed by atoms with Crippen LogP contribution in [0, 0.1) is 11.3 Å². The van der Waals surface area contributed by atoms with Crippen LogP contribution in [0.15, 0.2) is 53.0 Å². The number of aliphatic carboxylic acids is 1. The van der Waals surface area contributed by atoms with Crippen molar-refractivity contribution < 1.29 is 9.90 Å². The largest absolute Gasteiger partial charge is 0.481 e. The maximum atomic E-state index is 11.4. The van der Waals surface area contributed by atoms with Crippen LogP contribution in [0.1, 0.15) is 22.6 Å². The van der Waals surface area contributed by atoms with Gasteiger partial charge in [-0.05, 0) is 41.8 Å². The van der Waals surface area contributed by atoms with Crippen molar-refractivity contribution in [1.82, 2.24) is 0 Å². The lowest BCUT2D eigenvalue weighted by atomic mass is 9.92. The number of benzene rings is 2. The first-order chi connectivity index (χ1) is 9.60. The fraction of sp³-hybridized carbons (Fsp3) is 0.125. The highest BCUT2D eigenvalue weighted by molar-refractivity contribution is 9.10. The zero-order valence-electron chi connectivity index (χ0n) is 10.6. The summed E-state index contributed by atoms with van der Waals surface area (Å²) < 4.78 is 0.920. The number of halogens is 1. The summed E-state index contributed by atoms with van der Waals surface area (Å²) in [7, 11) is 0. The molecule has 0 bridgehead atoms. The number of carboxylic acid groups (broad SMARTS) is 1. The Hall–Kier alpha value is -2.12. The van der Waals surface area contributed by atoms with Crippen LogP contribution in [0.4, 0.5) is 0 Å². The smallest absolute Gasteiger partial charge is 0.311 e. The molecule has 2 rings (SSSR count). The van der Waals surface area contributed by atoms with Gasteiger partial charge in [0, 0.05) is 4.47 Å². The molecule has 0 aliphatic heterocycles. The predicted molar refractivity (Wildman–Crippen MR) is 79.4 cm³/mol. The zero-order chi connectivity index (χ0) is 14.5. The van der Waals surface area contributed by atoms with Gasteiger partial charge in [0.25, 0.3) is 0 Å². The van der Waals surface area contributed by atoms with Crippen LogP contribution in [-0.2, 0) is 11.2 Å². The molecule has 0 saturated carbocycles. The molecule has 0 spiro atoms. The Labute approximate surface area is 125 Å². The molecule has 1 N–H and O–H groups in total. The molecule has 2 aromatic rings. The molecule has 4 heteroatoms. The second kappa shape index (κ2) is 6.36. The first-order valence-electron chi connectivity index (χ1n) is 6.07. The van der Waals surface area contributed by atoms with Crippen molar-refractivity contribution in [3.05, 3.63) is 69.7 Å². The van der Waals surface area contributed by atoms with Crippen LogP contribution >= 0.6 is 15.9 Å². The highest BCUT2D eigenvalue weighted by atomic mass is 79.9. The van der Waals surface area contributed by atoms with Gasteiger partial charge < -0.3 is 5.11 Å². The van der Waals surface area contributed by atoms with Gasteiger partial charge in [0.05, 0.1) is 17.6 Å². The van der Waals surface area contributed by atoms with Gasteiger partial charge in [-0.25, -0.2) is 0 Å². The van der Waals surface area contributed by atoms with E-state index in [1.165, 1.54) is 0 Å². The van der Waals surface area contributed by atoms with Gasteiger partial charge in [0.15, 0.2) is 0 Å². The number of hydrogen-bond donors (Lipinski definition) is 1. The van der Waals surface area contributed by atoms with E-state index in [-0.39, 0.29) is 0 Å². The summed E-state index contributed by atoms with van der Waals surface area (Å²) in [5, 5.41) is 18.1. The van der Waals surface area contributed by atoms with Crippen LogP contribution < -0.4 is 0 Å². The summed E-state index contributed by atoms with van der Waals surface area (Å²) in [5.41, 5.74) is 2.24. The molecule has 1 atom stereocenters.